The van der Waals surface area contributed by atoms with E-state index in [-0.39, 0.29) is 5.92 Å². The fraction of sp³-hybridized carbons (Fsp3) is 0.292. The molecule has 0 N–H and O–H groups in total. The van der Waals surface area contributed by atoms with Gasteiger partial charge >= 0.3 is 0 Å². The summed E-state index contributed by atoms with van der Waals surface area (Å²) in [6, 6.07) is 17.2. The number of rotatable bonds is 7. The maximum absolute atomic E-state index is 4.76. The number of aliphatic imine (C=N–C) groups is 1. The summed E-state index contributed by atoms with van der Waals surface area (Å²) in [5, 5.41) is 0. The van der Waals surface area contributed by atoms with Gasteiger partial charge in [-0.1, -0.05) is 86.7 Å². The van der Waals surface area contributed by atoms with Crippen LogP contribution in [-0.4, -0.2) is 5.71 Å². The average molecular weight is 332 g/mol. The van der Waals surface area contributed by atoms with Crippen LogP contribution in [0.4, 0.5) is 0 Å². The summed E-state index contributed by atoms with van der Waals surface area (Å²) in [7, 11) is 0. The molecule has 1 unspecified atom stereocenters. The van der Waals surface area contributed by atoms with Crippen LogP contribution in [0.5, 0.6) is 0 Å². The Balaban J connectivity index is 2.10. The quantitative estimate of drug-likeness (QED) is 0.393. The third kappa shape index (κ3) is 5.29. The Morgan fingerprint density at radius 3 is 2.16 bits per heavy atom. The van der Waals surface area contributed by atoms with Crippen LogP contribution in [0.15, 0.2) is 72.3 Å². The number of benzene rings is 2. The highest BCUT2D eigenvalue weighted by Crippen LogP contribution is 2.22. The third-order valence-corrected chi connectivity index (χ3v) is 4.76. The summed E-state index contributed by atoms with van der Waals surface area (Å²) in [6.45, 7) is 16.8. The molecule has 0 aromatic heterocycles. The van der Waals surface area contributed by atoms with Crippen molar-refractivity contribution in [3.63, 3.8) is 0 Å². The van der Waals surface area contributed by atoms with E-state index in [1.165, 1.54) is 22.3 Å². The summed E-state index contributed by atoms with van der Waals surface area (Å²) in [4.78, 5) is 4.76. The smallest absolute Gasteiger partial charge is 0.0629 e. The van der Waals surface area contributed by atoms with Crippen LogP contribution in [0.1, 0.15) is 55.4 Å². The minimum atomic E-state index is 0.282. The Labute approximate surface area is 152 Å². The zero-order chi connectivity index (χ0) is 18.4. The lowest BCUT2D eigenvalue weighted by molar-refractivity contribution is 1.01. The molecule has 0 saturated heterocycles. The second-order valence-corrected chi connectivity index (χ2v) is 6.81. The second kappa shape index (κ2) is 8.62. The molecule has 0 aliphatic rings. The molecule has 0 bridgehead atoms. The van der Waals surface area contributed by atoms with Crippen LogP contribution < -0.4 is 0 Å². The van der Waals surface area contributed by atoms with E-state index in [9.17, 15) is 0 Å². The molecular weight excluding hydrogens is 302 g/mol. The van der Waals surface area contributed by atoms with Gasteiger partial charge in [-0.15, -0.1) is 0 Å². The molecule has 0 aliphatic carbocycles. The zero-order valence-corrected chi connectivity index (χ0v) is 16.0. The zero-order valence-electron chi connectivity index (χ0n) is 16.0. The molecule has 25 heavy (non-hydrogen) atoms. The van der Waals surface area contributed by atoms with Crippen molar-refractivity contribution in [1.82, 2.24) is 0 Å². The van der Waals surface area contributed by atoms with E-state index in [0.29, 0.717) is 0 Å². The van der Waals surface area contributed by atoms with Gasteiger partial charge < -0.3 is 0 Å². The van der Waals surface area contributed by atoms with Gasteiger partial charge in [0, 0.05) is 11.6 Å². The molecular formula is C24H29N. The van der Waals surface area contributed by atoms with Crippen molar-refractivity contribution in [1.29, 1.82) is 0 Å². The Hall–Kier alpha value is -2.41. The van der Waals surface area contributed by atoms with E-state index < -0.39 is 0 Å². The van der Waals surface area contributed by atoms with Crippen LogP contribution in [0, 0.1) is 6.92 Å². The van der Waals surface area contributed by atoms with E-state index in [1.54, 1.807) is 0 Å². The SMILES string of the molecule is C=C(CC)Cc1ccc(C(=C)/N=C(/C)C(C)c2ccc(C)cc2)cc1. The van der Waals surface area contributed by atoms with Gasteiger partial charge in [-0.3, -0.25) is 4.99 Å². The van der Waals surface area contributed by atoms with Crippen molar-refractivity contribution in [3.05, 3.63) is 89.5 Å². The normalized spacial score (nSPS) is 12.7. The molecule has 0 aliphatic heterocycles. The molecule has 0 spiro atoms. The first-order valence-electron chi connectivity index (χ1n) is 8.97. The van der Waals surface area contributed by atoms with Crippen molar-refractivity contribution >= 4 is 11.4 Å². The molecule has 1 nitrogen and oxygen atoms in total. The molecule has 2 aromatic rings. The molecule has 0 amide bonds. The number of allylic oxidation sites excluding steroid dienone is 1. The summed E-state index contributed by atoms with van der Waals surface area (Å²) >= 11 is 0. The fourth-order valence-corrected chi connectivity index (χ4v) is 2.70. The summed E-state index contributed by atoms with van der Waals surface area (Å²) in [6.07, 6.45) is 1.96. The number of hydrogen-bond acceptors (Lipinski definition) is 1. The first-order valence-corrected chi connectivity index (χ1v) is 8.97. The molecule has 0 radical (unpaired) electrons. The van der Waals surface area contributed by atoms with Crippen molar-refractivity contribution in [2.45, 2.75) is 46.5 Å². The monoisotopic (exact) mass is 331 g/mol. The Bertz CT molecular complexity index is 761. The topological polar surface area (TPSA) is 12.4 Å². The summed E-state index contributed by atoms with van der Waals surface area (Å²) in [5.74, 6) is 0.282. The minimum absolute atomic E-state index is 0.282. The van der Waals surface area contributed by atoms with Gasteiger partial charge in [0.05, 0.1) is 5.70 Å². The molecule has 2 rings (SSSR count). The van der Waals surface area contributed by atoms with Gasteiger partial charge in [0.1, 0.15) is 0 Å². The highest BCUT2D eigenvalue weighted by molar-refractivity contribution is 5.92. The van der Waals surface area contributed by atoms with Crippen molar-refractivity contribution in [2.75, 3.05) is 0 Å². The number of aryl methyl sites for hydroxylation is 1. The van der Waals surface area contributed by atoms with E-state index in [1.807, 2.05) is 0 Å². The van der Waals surface area contributed by atoms with Gasteiger partial charge in [-0.05, 0) is 43.4 Å². The predicted octanol–water partition coefficient (Wildman–Crippen LogP) is 6.74. The lowest BCUT2D eigenvalue weighted by atomic mass is 9.96. The molecule has 130 valence electrons. The van der Waals surface area contributed by atoms with Crippen molar-refractivity contribution < 1.29 is 0 Å². The maximum atomic E-state index is 4.76. The summed E-state index contributed by atoms with van der Waals surface area (Å²) < 4.78 is 0. The van der Waals surface area contributed by atoms with Gasteiger partial charge in [0.2, 0.25) is 0 Å². The van der Waals surface area contributed by atoms with Gasteiger partial charge in [-0.25, -0.2) is 0 Å². The van der Waals surface area contributed by atoms with E-state index >= 15 is 0 Å². The number of nitrogens with zero attached hydrogens (tertiary/aromatic N) is 1. The van der Waals surface area contributed by atoms with Crippen molar-refractivity contribution in [3.8, 4) is 0 Å². The second-order valence-electron chi connectivity index (χ2n) is 6.81. The Morgan fingerprint density at radius 2 is 1.60 bits per heavy atom. The average Bonchev–Trinajstić information content (AvgIpc) is 2.62. The fourth-order valence-electron chi connectivity index (χ4n) is 2.70. The standard InChI is InChI=1S/C24H29N/c1-7-17(2)16-22-10-14-24(15-11-22)21(6)25-20(5)19(4)23-12-8-18(3)9-13-23/h8-15,19H,2,6-7,16H2,1,3-5H3/b25-20-. The van der Waals surface area contributed by atoms with Crippen LogP contribution in [0.2, 0.25) is 0 Å². The lowest BCUT2D eigenvalue weighted by Gasteiger charge is -2.13. The Kier molecular flexibility index (Phi) is 6.52. The molecule has 2 aromatic carbocycles. The van der Waals surface area contributed by atoms with E-state index in [4.69, 9.17) is 4.99 Å². The van der Waals surface area contributed by atoms with Crippen LogP contribution in [0.3, 0.4) is 0 Å². The number of hydrogen-bond donors (Lipinski definition) is 0. The van der Waals surface area contributed by atoms with E-state index in [2.05, 4.69) is 89.4 Å². The van der Waals surface area contributed by atoms with Crippen LogP contribution in [0.25, 0.3) is 5.70 Å². The molecule has 1 heteroatoms. The highest BCUT2D eigenvalue weighted by Gasteiger charge is 2.09. The largest absolute Gasteiger partial charge is 0.258 e. The lowest BCUT2D eigenvalue weighted by Crippen LogP contribution is -2.05. The highest BCUT2D eigenvalue weighted by atomic mass is 14.8. The van der Waals surface area contributed by atoms with Crippen molar-refractivity contribution in [2.24, 2.45) is 4.99 Å². The third-order valence-electron chi connectivity index (χ3n) is 4.76. The van der Waals surface area contributed by atoms with Crippen LogP contribution in [-0.2, 0) is 6.42 Å². The molecule has 0 fully saturated rings. The summed E-state index contributed by atoms with van der Waals surface area (Å²) in [5.41, 5.74) is 8.08. The first-order chi connectivity index (χ1) is 11.9. The first kappa shape index (κ1) is 18.9. The Morgan fingerprint density at radius 1 is 1.00 bits per heavy atom. The van der Waals surface area contributed by atoms with Gasteiger partial charge in [0.15, 0.2) is 0 Å². The molecule has 0 saturated carbocycles. The molecule has 0 heterocycles. The van der Waals surface area contributed by atoms with Crippen LogP contribution >= 0.6 is 0 Å². The maximum Gasteiger partial charge on any atom is 0.0629 e. The predicted molar refractivity (Wildman–Crippen MR) is 111 cm³/mol. The van der Waals surface area contributed by atoms with Gasteiger partial charge in [-0.2, -0.15) is 0 Å². The molecule has 1 atom stereocenters. The van der Waals surface area contributed by atoms with E-state index in [0.717, 1.165) is 29.8 Å². The van der Waals surface area contributed by atoms with Gasteiger partial charge in [0.25, 0.3) is 0 Å². The minimum Gasteiger partial charge on any atom is -0.258 e.